The van der Waals surface area contributed by atoms with Crippen LogP contribution in [0.5, 0.6) is 11.5 Å². The lowest BCUT2D eigenvalue weighted by atomic mass is 10.2. The molecule has 0 fully saturated rings. The molecule has 0 saturated heterocycles. The number of methoxy groups -OCH3 is 1. The third-order valence-corrected chi connectivity index (χ3v) is 3.40. The Bertz CT molecular complexity index is 628. The van der Waals surface area contributed by atoms with Gasteiger partial charge in [-0.15, -0.1) is 0 Å². The number of hydrogen-bond donors (Lipinski definition) is 0. The molecule has 0 atom stereocenters. The predicted octanol–water partition coefficient (Wildman–Crippen LogP) is 3.39. The molecule has 0 radical (unpaired) electrons. The summed E-state index contributed by atoms with van der Waals surface area (Å²) < 4.78 is 10.6. The summed E-state index contributed by atoms with van der Waals surface area (Å²) >= 11 is 5.87. The minimum absolute atomic E-state index is 0.0208. The van der Waals surface area contributed by atoms with E-state index in [0.717, 1.165) is 11.3 Å². The van der Waals surface area contributed by atoms with Crippen molar-refractivity contribution in [3.8, 4) is 11.5 Å². The zero-order chi connectivity index (χ0) is 15.9. The van der Waals surface area contributed by atoms with Crippen LogP contribution in [0.1, 0.15) is 5.56 Å². The summed E-state index contributed by atoms with van der Waals surface area (Å²) in [6.45, 7) is 0.495. The molecule has 2 aromatic rings. The molecule has 5 heteroatoms. The van der Waals surface area contributed by atoms with Crippen LogP contribution in [-0.4, -0.2) is 31.6 Å². The second kappa shape index (κ2) is 7.71. The zero-order valence-electron chi connectivity index (χ0n) is 12.6. The van der Waals surface area contributed by atoms with Crippen molar-refractivity contribution in [1.29, 1.82) is 0 Å². The summed E-state index contributed by atoms with van der Waals surface area (Å²) in [5, 5.41) is 0.580. The Morgan fingerprint density at radius 2 is 1.86 bits per heavy atom. The molecule has 22 heavy (non-hydrogen) atoms. The second-order valence-electron chi connectivity index (χ2n) is 4.84. The summed E-state index contributed by atoms with van der Waals surface area (Å²) in [7, 11) is 3.37. The Labute approximate surface area is 135 Å². The van der Waals surface area contributed by atoms with Crippen LogP contribution in [0.4, 0.5) is 0 Å². The lowest BCUT2D eigenvalue weighted by molar-refractivity contribution is -0.132. The Morgan fingerprint density at radius 3 is 2.50 bits per heavy atom. The number of benzene rings is 2. The van der Waals surface area contributed by atoms with Gasteiger partial charge in [-0.3, -0.25) is 4.79 Å². The molecule has 116 valence electrons. The van der Waals surface area contributed by atoms with Crippen LogP contribution in [0.2, 0.25) is 5.02 Å². The predicted molar refractivity (Wildman–Crippen MR) is 86.4 cm³/mol. The van der Waals surface area contributed by atoms with Gasteiger partial charge in [0.2, 0.25) is 0 Å². The van der Waals surface area contributed by atoms with Crippen LogP contribution < -0.4 is 9.47 Å². The van der Waals surface area contributed by atoms with Crippen molar-refractivity contribution in [2.45, 2.75) is 6.54 Å². The molecule has 0 N–H and O–H groups in total. The van der Waals surface area contributed by atoms with Crippen LogP contribution >= 0.6 is 11.6 Å². The molecule has 0 aromatic heterocycles. The van der Waals surface area contributed by atoms with Gasteiger partial charge in [-0.25, -0.2) is 0 Å². The van der Waals surface area contributed by atoms with Gasteiger partial charge < -0.3 is 14.4 Å². The highest BCUT2D eigenvalue weighted by Crippen LogP contribution is 2.17. The van der Waals surface area contributed by atoms with E-state index < -0.39 is 0 Å². The van der Waals surface area contributed by atoms with Gasteiger partial charge in [0.05, 0.1) is 7.11 Å². The Kier molecular flexibility index (Phi) is 5.67. The minimum atomic E-state index is -0.101. The first-order valence-corrected chi connectivity index (χ1v) is 7.21. The van der Waals surface area contributed by atoms with Crippen molar-refractivity contribution in [2.24, 2.45) is 0 Å². The van der Waals surface area contributed by atoms with E-state index in [9.17, 15) is 4.79 Å². The van der Waals surface area contributed by atoms with Gasteiger partial charge in [0, 0.05) is 18.6 Å². The van der Waals surface area contributed by atoms with Crippen LogP contribution in [0.3, 0.4) is 0 Å². The van der Waals surface area contributed by atoms with Gasteiger partial charge in [0.15, 0.2) is 6.61 Å². The van der Waals surface area contributed by atoms with Gasteiger partial charge in [0.25, 0.3) is 5.91 Å². The fourth-order valence-electron chi connectivity index (χ4n) is 1.91. The first kappa shape index (κ1) is 16.2. The number of nitrogens with zero attached hydrogens (tertiary/aromatic N) is 1. The normalized spacial score (nSPS) is 10.1. The number of carbonyl (C=O) groups is 1. The summed E-state index contributed by atoms with van der Waals surface area (Å²) in [6, 6.07) is 14.6. The van der Waals surface area contributed by atoms with Crippen LogP contribution in [0.15, 0.2) is 48.5 Å². The Morgan fingerprint density at radius 1 is 1.14 bits per heavy atom. The fourth-order valence-corrected chi connectivity index (χ4v) is 2.09. The first-order chi connectivity index (χ1) is 10.6. The van der Waals surface area contributed by atoms with Gasteiger partial charge in [-0.1, -0.05) is 29.8 Å². The van der Waals surface area contributed by atoms with Crippen molar-refractivity contribution in [3.05, 3.63) is 59.1 Å². The monoisotopic (exact) mass is 319 g/mol. The van der Waals surface area contributed by atoms with Crippen LogP contribution in [0.25, 0.3) is 0 Å². The molecular weight excluding hydrogens is 302 g/mol. The van der Waals surface area contributed by atoms with Gasteiger partial charge >= 0.3 is 0 Å². The lowest BCUT2D eigenvalue weighted by Gasteiger charge is -2.17. The molecule has 2 aromatic carbocycles. The van der Waals surface area contributed by atoms with E-state index in [1.165, 1.54) is 0 Å². The molecule has 0 aliphatic rings. The number of likely N-dealkylation sites (N-methyl/N-ethyl adjacent to an activating group) is 1. The number of rotatable bonds is 6. The lowest BCUT2D eigenvalue weighted by Crippen LogP contribution is -2.30. The third kappa shape index (κ3) is 4.67. The first-order valence-electron chi connectivity index (χ1n) is 6.84. The molecule has 0 heterocycles. The van der Waals surface area contributed by atoms with Crippen molar-refractivity contribution < 1.29 is 14.3 Å². The van der Waals surface area contributed by atoms with E-state index in [-0.39, 0.29) is 12.5 Å². The summed E-state index contributed by atoms with van der Waals surface area (Å²) in [6.07, 6.45) is 0. The smallest absolute Gasteiger partial charge is 0.260 e. The van der Waals surface area contributed by atoms with E-state index >= 15 is 0 Å². The summed E-state index contributed by atoms with van der Waals surface area (Å²) in [5.41, 5.74) is 1.03. The Balaban J connectivity index is 1.86. The number of carbonyl (C=O) groups excluding carboxylic acids is 1. The molecule has 0 bridgehead atoms. The maximum absolute atomic E-state index is 12.1. The Hall–Kier alpha value is -2.20. The van der Waals surface area contributed by atoms with Gasteiger partial charge in [0.1, 0.15) is 11.5 Å². The van der Waals surface area contributed by atoms with E-state index in [1.807, 2.05) is 24.3 Å². The number of halogens is 1. The van der Waals surface area contributed by atoms with Gasteiger partial charge in [-0.05, 0) is 35.9 Å². The van der Waals surface area contributed by atoms with Crippen molar-refractivity contribution >= 4 is 17.5 Å². The minimum Gasteiger partial charge on any atom is -0.497 e. The van der Waals surface area contributed by atoms with E-state index in [2.05, 4.69) is 0 Å². The summed E-state index contributed by atoms with van der Waals surface area (Å²) in [5.74, 6) is 1.27. The van der Waals surface area contributed by atoms with Crippen LogP contribution in [-0.2, 0) is 11.3 Å². The van der Waals surface area contributed by atoms with Crippen molar-refractivity contribution in [1.82, 2.24) is 4.90 Å². The average Bonchev–Trinajstić information content (AvgIpc) is 2.53. The highest BCUT2D eigenvalue weighted by molar-refractivity contribution is 6.30. The molecule has 2 rings (SSSR count). The average molecular weight is 320 g/mol. The fraction of sp³-hybridized carbons (Fsp3) is 0.235. The molecule has 0 saturated carbocycles. The van der Waals surface area contributed by atoms with Crippen molar-refractivity contribution in [2.75, 3.05) is 20.8 Å². The quantitative estimate of drug-likeness (QED) is 0.819. The topological polar surface area (TPSA) is 38.8 Å². The molecule has 0 aliphatic carbocycles. The molecule has 0 spiro atoms. The largest absolute Gasteiger partial charge is 0.497 e. The molecule has 0 unspecified atom stereocenters. The maximum atomic E-state index is 12.1. The van der Waals surface area contributed by atoms with E-state index in [0.29, 0.717) is 17.3 Å². The highest BCUT2D eigenvalue weighted by atomic mass is 35.5. The maximum Gasteiger partial charge on any atom is 0.260 e. The number of ether oxygens (including phenoxy) is 2. The number of amides is 1. The standard InChI is InChI=1S/C17H18ClNO3/c1-19(11-13-6-8-15(21-2)9-7-13)17(20)12-22-16-5-3-4-14(18)10-16/h3-10H,11-12H2,1-2H3. The van der Waals surface area contributed by atoms with E-state index in [4.69, 9.17) is 21.1 Å². The SMILES string of the molecule is COc1ccc(CN(C)C(=O)COc2cccc(Cl)c2)cc1. The van der Waals surface area contributed by atoms with Crippen molar-refractivity contribution in [3.63, 3.8) is 0 Å². The van der Waals surface area contributed by atoms with E-state index in [1.54, 1.807) is 43.3 Å². The summed E-state index contributed by atoms with van der Waals surface area (Å²) in [4.78, 5) is 13.7. The van der Waals surface area contributed by atoms with Crippen LogP contribution in [0, 0.1) is 0 Å². The third-order valence-electron chi connectivity index (χ3n) is 3.16. The number of hydrogen-bond acceptors (Lipinski definition) is 3. The molecule has 0 aliphatic heterocycles. The molecule has 4 nitrogen and oxygen atoms in total. The zero-order valence-corrected chi connectivity index (χ0v) is 13.3. The second-order valence-corrected chi connectivity index (χ2v) is 5.28. The molecular formula is C17H18ClNO3. The van der Waals surface area contributed by atoms with Gasteiger partial charge in [-0.2, -0.15) is 0 Å². The molecule has 1 amide bonds. The highest BCUT2D eigenvalue weighted by Gasteiger charge is 2.10.